The zero-order valence-electron chi connectivity index (χ0n) is 17.9. The Labute approximate surface area is 192 Å². The normalized spacial score (nSPS) is 17.4. The second-order valence-electron chi connectivity index (χ2n) is 7.61. The highest BCUT2D eigenvalue weighted by Gasteiger charge is 2.20. The summed E-state index contributed by atoms with van der Waals surface area (Å²) in [6.45, 7) is 14.5. The number of thiophene rings is 1. The van der Waals surface area contributed by atoms with E-state index in [0.717, 1.165) is 51.7 Å². The van der Waals surface area contributed by atoms with Crippen LogP contribution in [-0.4, -0.2) is 55.8 Å². The van der Waals surface area contributed by atoms with Crippen molar-refractivity contribution in [1.29, 1.82) is 0 Å². The Kier molecular flexibility index (Phi) is 13.4. The molecule has 2 N–H and O–H groups in total. The lowest BCUT2D eigenvalue weighted by atomic mass is 10.0. The molecule has 1 atom stereocenters. The molecule has 162 valence electrons. The highest BCUT2D eigenvalue weighted by Crippen LogP contribution is 2.15. The molecule has 28 heavy (non-hydrogen) atoms. The molecule has 1 aromatic heterocycles. The van der Waals surface area contributed by atoms with Crippen LogP contribution in [-0.2, 0) is 11.3 Å². The maximum atomic E-state index is 5.84. The minimum Gasteiger partial charge on any atom is -0.378 e. The summed E-state index contributed by atoms with van der Waals surface area (Å²) in [6.07, 6.45) is 3.60. The van der Waals surface area contributed by atoms with E-state index in [4.69, 9.17) is 9.73 Å². The molecule has 1 unspecified atom stereocenters. The number of hydrogen-bond acceptors (Lipinski definition) is 4. The van der Waals surface area contributed by atoms with E-state index in [2.05, 4.69) is 60.1 Å². The summed E-state index contributed by atoms with van der Waals surface area (Å²) in [5, 5.41) is 11.5. The topological polar surface area (TPSA) is 48.9 Å². The van der Waals surface area contributed by atoms with Crippen molar-refractivity contribution in [1.82, 2.24) is 15.5 Å². The van der Waals surface area contributed by atoms with Gasteiger partial charge in [0.25, 0.3) is 0 Å². The first kappa shape index (κ1) is 25.7. The minimum atomic E-state index is 0. The second kappa shape index (κ2) is 14.6. The van der Waals surface area contributed by atoms with Gasteiger partial charge in [0.05, 0.1) is 6.10 Å². The van der Waals surface area contributed by atoms with Crippen LogP contribution in [0.25, 0.3) is 0 Å². The molecule has 1 aliphatic heterocycles. The predicted molar refractivity (Wildman–Crippen MR) is 132 cm³/mol. The number of halogens is 1. The molecule has 2 rings (SSSR count). The molecule has 0 amide bonds. The summed E-state index contributed by atoms with van der Waals surface area (Å²) in [4.78, 5) is 7.35. The lowest BCUT2D eigenvalue weighted by molar-refractivity contribution is 0.0266. The molecular weight excluding hydrogens is 483 g/mol. The smallest absolute Gasteiger partial charge is 0.191 e. The summed E-state index contributed by atoms with van der Waals surface area (Å²) in [7, 11) is 0. The number of guanidine groups is 1. The van der Waals surface area contributed by atoms with Crippen molar-refractivity contribution in [3.63, 3.8) is 0 Å². The summed E-state index contributed by atoms with van der Waals surface area (Å²) in [6, 6.07) is 2.74. The van der Waals surface area contributed by atoms with Crippen LogP contribution in [0.2, 0.25) is 0 Å². The Bertz CT molecular complexity index is 531. The van der Waals surface area contributed by atoms with Gasteiger partial charge >= 0.3 is 0 Å². The second-order valence-corrected chi connectivity index (χ2v) is 8.39. The van der Waals surface area contributed by atoms with E-state index in [1.54, 1.807) is 11.3 Å². The molecule has 1 aromatic rings. The minimum absolute atomic E-state index is 0. The number of likely N-dealkylation sites (tertiary alicyclic amines) is 1. The summed E-state index contributed by atoms with van der Waals surface area (Å²) >= 11 is 1.78. The van der Waals surface area contributed by atoms with Crippen molar-refractivity contribution in [2.75, 3.05) is 32.8 Å². The van der Waals surface area contributed by atoms with Gasteiger partial charge < -0.3 is 15.4 Å². The zero-order valence-corrected chi connectivity index (χ0v) is 21.1. The van der Waals surface area contributed by atoms with Gasteiger partial charge in [0.15, 0.2) is 5.96 Å². The van der Waals surface area contributed by atoms with Crippen molar-refractivity contribution < 1.29 is 4.74 Å². The van der Waals surface area contributed by atoms with Crippen molar-refractivity contribution in [3.8, 4) is 0 Å². The van der Waals surface area contributed by atoms with Gasteiger partial charge in [-0.1, -0.05) is 13.8 Å². The van der Waals surface area contributed by atoms with Crippen LogP contribution in [0.5, 0.6) is 0 Å². The number of ether oxygens (including phenoxy) is 1. The van der Waals surface area contributed by atoms with Crippen LogP contribution in [0, 0.1) is 5.92 Å². The molecule has 1 aliphatic rings. The Morgan fingerprint density at radius 3 is 2.64 bits per heavy atom. The SMILES string of the molecule is CCNC(=NCCC(OCC)C(C)C)NC1CCN(Cc2ccsc2)CC1.I. The first-order chi connectivity index (χ1) is 13.1. The highest BCUT2D eigenvalue weighted by atomic mass is 127. The molecule has 1 saturated heterocycles. The maximum absolute atomic E-state index is 5.84. The van der Waals surface area contributed by atoms with Gasteiger partial charge in [-0.05, 0) is 61.4 Å². The monoisotopic (exact) mass is 522 g/mol. The number of hydrogen-bond donors (Lipinski definition) is 2. The Morgan fingerprint density at radius 1 is 1.32 bits per heavy atom. The van der Waals surface area contributed by atoms with Crippen LogP contribution in [0.4, 0.5) is 0 Å². The van der Waals surface area contributed by atoms with E-state index in [0.29, 0.717) is 18.1 Å². The fourth-order valence-corrected chi connectivity index (χ4v) is 4.18. The fraction of sp³-hybridized carbons (Fsp3) is 0.762. The average molecular weight is 523 g/mol. The van der Waals surface area contributed by atoms with Gasteiger partial charge in [-0.15, -0.1) is 24.0 Å². The quantitative estimate of drug-likeness (QED) is 0.273. The third-order valence-corrected chi connectivity index (χ3v) is 5.80. The first-order valence-corrected chi connectivity index (χ1v) is 11.5. The largest absolute Gasteiger partial charge is 0.378 e. The third kappa shape index (κ3) is 9.41. The van der Waals surface area contributed by atoms with E-state index in [9.17, 15) is 0 Å². The summed E-state index contributed by atoms with van der Waals surface area (Å²) in [5.41, 5.74) is 1.44. The number of rotatable bonds is 10. The number of nitrogens with one attached hydrogen (secondary N) is 2. The molecule has 0 spiro atoms. The van der Waals surface area contributed by atoms with Gasteiger partial charge in [0, 0.05) is 45.4 Å². The van der Waals surface area contributed by atoms with Gasteiger partial charge in [0.1, 0.15) is 0 Å². The summed E-state index contributed by atoms with van der Waals surface area (Å²) < 4.78 is 5.84. The molecule has 1 fully saturated rings. The van der Waals surface area contributed by atoms with E-state index in [1.807, 2.05) is 0 Å². The molecule has 0 aromatic carbocycles. The zero-order chi connectivity index (χ0) is 19.5. The van der Waals surface area contributed by atoms with E-state index in [1.165, 1.54) is 18.4 Å². The van der Waals surface area contributed by atoms with E-state index < -0.39 is 0 Å². The first-order valence-electron chi connectivity index (χ1n) is 10.5. The van der Waals surface area contributed by atoms with Crippen molar-refractivity contribution in [3.05, 3.63) is 22.4 Å². The van der Waals surface area contributed by atoms with E-state index in [-0.39, 0.29) is 24.0 Å². The highest BCUT2D eigenvalue weighted by molar-refractivity contribution is 14.0. The average Bonchev–Trinajstić information content (AvgIpc) is 3.15. The molecule has 0 aliphatic carbocycles. The Morgan fingerprint density at radius 2 is 2.07 bits per heavy atom. The van der Waals surface area contributed by atoms with E-state index >= 15 is 0 Å². The molecule has 5 nitrogen and oxygen atoms in total. The standard InChI is InChI=1S/C21H38N4OS.HI/c1-5-22-21(23-11-7-20(17(3)4)26-6-2)24-19-8-12-25(13-9-19)15-18-10-14-27-16-18;/h10,14,16-17,19-20H,5-9,11-13,15H2,1-4H3,(H2,22,23,24);1H. The van der Waals surface area contributed by atoms with Gasteiger partial charge in [-0.2, -0.15) is 11.3 Å². The van der Waals surface area contributed by atoms with Gasteiger partial charge in [0.2, 0.25) is 0 Å². The maximum Gasteiger partial charge on any atom is 0.191 e. The van der Waals surface area contributed by atoms with Crippen LogP contribution >= 0.6 is 35.3 Å². The number of nitrogens with zero attached hydrogens (tertiary/aromatic N) is 2. The lowest BCUT2D eigenvalue weighted by Gasteiger charge is -2.33. The van der Waals surface area contributed by atoms with Crippen molar-refractivity contribution >= 4 is 41.3 Å². The Hall–Kier alpha value is -0.380. The van der Waals surface area contributed by atoms with Crippen LogP contribution in [0.15, 0.2) is 21.8 Å². The number of piperidine rings is 1. The molecule has 0 radical (unpaired) electrons. The molecule has 7 heteroatoms. The van der Waals surface area contributed by atoms with Gasteiger partial charge in [-0.3, -0.25) is 9.89 Å². The molecule has 2 heterocycles. The van der Waals surface area contributed by atoms with Crippen LogP contribution < -0.4 is 10.6 Å². The van der Waals surface area contributed by atoms with Crippen molar-refractivity contribution in [2.45, 2.75) is 65.6 Å². The molecule has 0 saturated carbocycles. The fourth-order valence-electron chi connectivity index (χ4n) is 3.52. The lowest BCUT2D eigenvalue weighted by Crippen LogP contribution is -2.48. The molecular formula is C21H39IN4OS. The summed E-state index contributed by atoms with van der Waals surface area (Å²) in [5.74, 6) is 1.48. The number of aliphatic imine (C=N–C) groups is 1. The molecule has 0 bridgehead atoms. The van der Waals surface area contributed by atoms with Crippen LogP contribution in [0.1, 0.15) is 52.5 Å². The Balaban J connectivity index is 0.00000392. The third-order valence-electron chi connectivity index (χ3n) is 5.07. The van der Waals surface area contributed by atoms with Crippen LogP contribution in [0.3, 0.4) is 0 Å². The van der Waals surface area contributed by atoms with Crippen molar-refractivity contribution in [2.24, 2.45) is 10.9 Å². The van der Waals surface area contributed by atoms with Gasteiger partial charge in [-0.25, -0.2) is 0 Å². The predicted octanol–water partition coefficient (Wildman–Crippen LogP) is 4.34.